The van der Waals surface area contributed by atoms with Crippen molar-refractivity contribution in [3.8, 4) is 0 Å². The van der Waals surface area contributed by atoms with Crippen LogP contribution in [0.5, 0.6) is 0 Å². The van der Waals surface area contributed by atoms with Gasteiger partial charge in [0.15, 0.2) is 0 Å². The molecule has 8 nitrogen and oxygen atoms in total. The minimum Gasteiger partial charge on any atom is -0.326 e. The third-order valence-corrected chi connectivity index (χ3v) is 4.55. The number of benzene rings is 2. The molecule has 1 heterocycles. The minimum absolute atomic E-state index is 0.194. The van der Waals surface area contributed by atoms with Crippen LogP contribution in [0.4, 0.5) is 21.9 Å². The molecule has 150 valence electrons. The topological polar surface area (TPSA) is 98.8 Å². The summed E-state index contributed by atoms with van der Waals surface area (Å²) in [7, 11) is 0. The van der Waals surface area contributed by atoms with E-state index in [-0.39, 0.29) is 12.5 Å². The Labute approximate surface area is 168 Å². The van der Waals surface area contributed by atoms with Crippen molar-refractivity contribution >= 4 is 40.8 Å². The van der Waals surface area contributed by atoms with Crippen molar-refractivity contribution < 1.29 is 19.2 Å². The molecule has 3 rings (SSSR count). The molecule has 2 aromatic carbocycles. The van der Waals surface area contributed by atoms with E-state index < -0.39 is 23.9 Å². The van der Waals surface area contributed by atoms with Crippen molar-refractivity contribution in [2.45, 2.75) is 26.8 Å². The van der Waals surface area contributed by atoms with Crippen LogP contribution < -0.4 is 15.5 Å². The lowest BCUT2D eigenvalue weighted by Crippen LogP contribution is -2.39. The van der Waals surface area contributed by atoms with E-state index in [2.05, 4.69) is 10.6 Å². The molecule has 0 unspecified atom stereocenters. The molecular weight excluding hydrogens is 372 g/mol. The fraction of sp³-hybridized carbons (Fsp3) is 0.238. The van der Waals surface area contributed by atoms with Gasteiger partial charge in [-0.3, -0.25) is 24.2 Å². The molecule has 0 aliphatic carbocycles. The predicted octanol–water partition coefficient (Wildman–Crippen LogP) is 2.75. The molecule has 1 atom stereocenters. The highest BCUT2D eigenvalue weighted by molar-refractivity contribution is 6.16. The fourth-order valence-electron chi connectivity index (χ4n) is 3.10. The number of urea groups is 1. The zero-order valence-corrected chi connectivity index (χ0v) is 16.4. The lowest BCUT2D eigenvalue weighted by Gasteiger charge is -2.19. The van der Waals surface area contributed by atoms with E-state index in [9.17, 15) is 19.2 Å². The first-order chi connectivity index (χ1) is 13.8. The van der Waals surface area contributed by atoms with Crippen LogP contribution in [-0.4, -0.2) is 41.2 Å². The van der Waals surface area contributed by atoms with Crippen LogP contribution in [0.15, 0.2) is 48.5 Å². The van der Waals surface area contributed by atoms with Crippen LogP contribution in [0.1, 0.15) is 19.4 Å². The Morgan fingerprint density at radius 3 is 2.03 bits per heavy atom. The fourth-order valence-corrected chi connectivity index (χ4v) is 3.10. The van der Waals surface area contributed by atoms with E-state index in [1.54, 1.807) is 43.3 Å². The molecule has 1 saturated heterocycles. The highest BCUT2D eigenvalue weighted by Gasteiger charge is 2.44. The summed E-state index contributed by atoms with van der Waals surface area (Å²) in [5.74, 6) is -1.11. The molecule has 0 spiro atoms. The standard InChI is InChI=1S/C21H22N4O4/c1-13-4-10-18(11-5-13)25-14(2)20(28)24(21(25)29)12-19(27)23-17-8-6-16(7-9-17)22-15(3)26/h4-11,14H,12H2,1-3H3,(H,22,26)(H,23,27)/t14-/m1/s1. The maximum absolute atomic E-state index is 12.8. The summed E-state index contributed by atoms with van der Waals surface area (Å²) in [5, 5.41) is 5.28. The zero-order chi connectivity index (χ0) is 21.1. The number of nitrogens with zero attached hydrogens (tertiary/aromatic N) is 2. The number of carbonyl (C=O) groups excluding carboxylic acids is 4. The molecule has 1 aliphatic rings. The maximum Gasteiger partial charge on any atom is 0.332 e. The van der Waals surface area contributed by atoms with Crippen LogP contribution in [0.3, 0.4) is 0 Å². The average Bonchev–Trinajstić information content (AvgIpc) is 2.87. The van der Waals surface area contributed by atoms with Crippen molar-refractivity contribution in [2.75, 3.05) is 22.1 Å². The van der Waals surface area contributed by atoms with Gasteiger partial charge in [0.2, 0.25) is 11.8 Å². The second-order valence-corrected chi connectivity index (χ2v) is 6.90. The zero-order valence-electron chi connectivity index (χ0n) is 16.4. The molecule has 0 radical (unpaired) electrons. The third-order valence-electron chi connectivity index (χ3n) is 4.55. The van der Waals surface area contributed by atoms with Crippen LogP contribution in [0, 0.1) is 6.92 Å². The second kappa shape index (κ2) is 8.14. The van der Waals surface area contributed by atoms with Gasteiger partial charge in [-0.25, -0.2) is 4.79 Å². The number of hydrogen-bond acceptors (Lipinski definition) is 4. The molecule has 29 heavy (non-hydrogen) atoms. The van der Waals surface area contributed by atoms with E-state index in [1.165, 1.54) is 11.8 Å². The Balaban J connectivity index is 1.66. The first-order valence-electron chi connectivity index (χ1n) is 9.15. The van der Waals surface area contributed by atoms with Crippen molar-refractivity contribution in [1.82, 2.24) is 4.90 Å². The first kappa shape index (κ1) is 20.1. The molecule has 2 N–H and O–H groups in total. The summed E-state index contributed by atoms with van der Waals surface area (Å²) in [6.45, 7) is 4.60. The van der Waals surface area contributed by atoms with E-state index in [0.717, 1.165) is 10.5 Å². The largest absolute Gasteiger partial charge is 0.332 e. The number of aryl methyl sites for hydroxylation is 1. The highest BCUT2D eigenvalue weighted by atomic mass is 16.2. The van der Waals surface area contributed by atoms with Crippen molar-refractivity contribution in [1.29, 1.82) is 0 Å². The van der Waals surface area contributed by atoms with Gasteiger partial charge in [-0.05, 0) is 50.2 Å². The van der Waals surface area contributed by atoms with E-state index in [1.807, 2.05) is 19.1 Å². The number of hydrogen-bond donors (Lipinski definition) is 2. The van der Waals surface area contributed by atoms with Crippen LogP contribution in [-0.2, 0) is 14.4 Å². The smallest absolute Gasteiger partial charge is 0.326 e. The van der Waals surface area contributed by atoms with Gasteiger partial charge in [-0.2, -0.15) is 0 Å². The lowest BCUT2D eigenvalue weighted by molar-refractivity contribution is -0.130. The van der Waals surface area contributed by atoms with E-state index in [0.29, 0.717) is 17.1 Å². The number of carbonyl (C=O) groups is 4. The summed E-state index contributed by atoms with van der Waals surface area (Å²) in [6, 6.07) is 12.6. The van der Waals surface area contributed by atoms with Crippen molar-refractivity contribution in [2.24, 2.45) is 0 Å². The van der Waals surface area contributed by atoms with Gasteiger partial charge in [0.25, 0.3) is 5.91 Å². The number of amides is 5. The van der Waals surface area contributed by atoms with Crippen molar-refractivity contribution in [3.05, 3.63) is 54.1 Å². The SMILES string of the molecule is CC(=O)Nc1ccc(NC(=O)CN2C(=O)[C@@H](C)N(c3ccc(C)cc3)C2=O)cc1. The molecular formula is C21H22N4O4. The van der Waals surface area contributed by atoms with E-state index >= 15 is 0 Å². The summed E-state index contributed by atoms with van der Waals surface area (Å²) >= 11 is 0. The average molecular weight is 394 g/mol. The number of anilines is 3. The Kier molecular flexibility index (Phi) is 5.63. The van der Waals surface area contributed by atoms with Crippen LogP contribution in [0.25, 0.3) is 0 Å². The Hall–Kier alpha value is -3.68. The second-order valence-electron chi connectivity index (χ2n) is 6.90. The van der Waals surface area contributed by atoms with Gasteiger partial charge in [0.1, 0.15) is 12.6 Å². The maximum atomic E-state index is 12.8. The lowest BCUT2D eigenvalue weighted by atomic mass is 10.2. The molecule has 0 bridgehead atoms. The molecule has 1 fully saturated rings. The van der Waals surface area contributed by atoms with Gasteiger partial charge >= 0.3 is 6.03 Å². The van der Waals surface area contributed by atoms with Crippen LogP contribution >= 0.6 is 0 Å². The van der Waals surface area contributed by atoms with Crippen LogP contribution in [0.2, 0.25) is 0 Å². The minimum atomic E-state index is -0.685. The number of nitrogens with one attached hydrogen (secondary N) is 2. The Morgan fingerprint density at radius 2 is 1.48 bits per heavy atom. The molecule has 8 heteroatoms. The van der Waals surface area contributed by atoms with Gasteiger partial charge < -0.3 is 10.6 Å². The predicted molar refractivity (Wildman–Crippen MR) is 110 cm³/mol. The van der Waals surface area contributed by atoms with Crippen molar-refractivity contribution in [3.63, 3.8) is 0 Å². The third kappa shape index (κ3) is 4.43. The molecule has 1 aliphatic heterocycles. The normalized spacial score (nSPS) is 16.2. The quantitative estimate of drug-likeness (QED) is 0.762. The van der Waals surface area contributed by atoms with Gasteiger partial charge in [-0.1, -0.05) is 17.7 Å². The molecule has 5 amide bonds. The summed E-state index contributed by atoms with van der Waals surface area (Å²) in [4.78, 5) is 51.1. The monoisotopic (exact) mass is 394 g/mol. The Morgan fingerprint density at radius 1 is 0.931 bits per heavy atom. The summed E-state index contributed by atoms with van der Waals surface area (Å²) in [6.07, 6.45) is 0. The summed E-state index contributed by atoms with van der Waals surface area (Å²) in [5.41, 5.74) is 2.74. The van der Waals surface area contributed by atoms with Gasteiger partial charge in [0.05, 0.1) is 0 Å². The first-order valence-corrected chi connectivity index (χ1v) is 9.15. The van der Waals surface area contributed by atoms with E-state index in [4.69, 9.17) is 0 Å². The Bertz CT molecular complexity index is 954. The number of imide groups is 1. The molecule has 0 saturated carbocycles. The van der Waals surface area contributed by atoms with Gasteiger partial charge in [-0.15, -0.1) is 0 Å². The number of rotatable bonds is 5. The molecule has 2 aromatic rings. The summed E-state index contributed by atoms with van der Waals surface area (Å²) < 4.78 is 0. The highest BCUT2D eigenvalue weighted by Crippen LogP contribution is 2.26. The van der Waals surface area contributed by atoms with Gasteiger partial charge in [0, 0.05) is 24.0 Å². The molecule has 0 aromatic heterocycles.